The van der Waals surface area contributed by atoms with E-state index in [0.29, 0.717) is 17.2 Å². The molecule has 1 aromatic heterocycles. The largest absolute Gasteiger partial charge is 0.344 e. The summed E-state index contributed by atoms with van der Waals surface area (Å²) >= 11 is 1.35. The quantitative estimate of drug-likeness (QED) is 0.889. The van der Waals surface area contributed by atoms with E-state index in [2.05, 4.69) is 10.3 Å². The molecule has 0 spiro atoms. The highest BCUT2D eigenvalue weighted by Crippen LogP contribution is 2.24. The van der Waals surface area contributed by atoms with Crippen LogP contribution in [0.3, 0.4) is 0 Å². The number of rotatable bonds is 5. The Kier molecular flexibility index (Phi) is 4.93. The molecule has 4 nitrogen and oxygen atoms in total. The number of nitrogens with two attached hydrogens (primary N) is 1. The third-order valence-corrected chi connectivity index (χ3v) is 4.82. The van der Waals surface area contributed by atoms with Gasteiger partial charge in [0.25, 0.3) is 5.91 Å². The van der Waals surface area contributed by atoms with Gasteiger partial charge in [0.05, 0.1) is 5.54 Å². The Morgan fingerprint density at radius 3 is 2.59 bits per heavy atom. The van der Waals surface area contributed by atoms with Crippen molar-refractivity contribution in [2.24, 2.45) is 11.7 Å². The predicted molar refractivity (Wildman–Crippen MR) is 87.3 cm³/mol. The van der Waals surface area contributed by atoms with Gasteiger partial charge >= 0.3 is 0 Å². The van der Waals surface area contributed by atoms with E-state index in [1.807, 2.05) is 20.8 Å². The predicted octanol–water partition coefficient (Wildman–Crippen LogP) is 3.05. The van der Waals surface area contributed by atoms with Crippen molar-refractivity contribution in [3.05, 3.63) is 41.2 Å². The van der Waals surface area contributed by atoms with Crippen molar-refractivity contribution < 1.29 is 9.18 Å². The second-order valence-corrected chi connectivity index (χ2v) is 6.63. The number of thiazole rings is 1. The first-order valence-corrected chi connectivity index (χ1v) is 7.98. The van der Waals surface area contributed by atoms with Crippen LogP contribution in [0.5, 0.6) is 0 Å². The van der Waals surface area contributed by atoms with Gasteiger partial charge in [0.1, 0.15) is 16.5 Å². The molecule has 2 rings (SSSR count). The van der Waals surface area contributed by atoms with Gasteiger partial charge in [-0.3, -0.25) is 4.79 Å². The highest BCUT2D eigenvalue weighted by atomic mass is 32.1. The minimum atomic E-state index is -0.475. The summed E-state index contributed by atoms with van der Waals surface area (Å²) in [5.41, 5.74) is 6.44. The Bertz CT molecular complexity index is 654. The van der Waals surface area contributed by atoms with E-state index in [-0.39, 0.29) is 17.6 Å². The van der Waals surface area contributed by atoms with Crippen molar-refractivity contribution in [2.45, 2.75) is 26.3 Å². The number of benzene rings is 1. The summed E-state index contributed by atoms with van der Waals surface area (Å²) in [7, 11) is 0. The highest BCUT2D eigenvalue weighted by Gasteiger charge is 2.29. The number of hydrogen-bond donors (Lipinski definition) is 2. The molecular formula is C16H20FN3OS. The molecule has 2 aromatic rings. The van der Waals surface area contributed by atoms with Gasteiger partial charge in [-0.25, -0.2) is 9.37 Å². The van der Waals surface area contributed by atoms with Crippen LogP contribution >= 0.6 is 11.3 Å². The van der Waals surface area contributed by atoms with Crippen molar-refractivity contribution in [3.63, 3.8) is 0 Å². The average molecular weight is 321 g/mol. The summed E-state index contributed by atoms with van der Waals surface area (Å²) in [5.74, 6) is -0.336. The van der Waals surface area contributed by atoms with Gasteiger partial charge in [0, 0.05) is 17.5 Å². The number of amides is 1. The minimum Gasteiger partial charge on any atom is -0.344 e. The Balaban J connectivity index is 2.17. The van der Waals surface area contributed by atoms with Crippen molar-refractivity contribution in [1.82, 2.24) is 10.3 Å². The Labute approximate surface area is 133 Å². The topological polar surface area (TPSA) is 68.0 Å². The Morgan fingerprint density at radius 2 is 2.05 bits per heavy atom. The second-order valence-electron chi connectivity index (χ2n) is 5.78. The minimum absolute atomic E-state index is 0.205. The first-order valence-electron chi connectivity index (χ1n) is 7.10. The number of aromatic nitrogens is 1. The molecular weight excluding hydrogens is 301 g/mol. The monoisotopic (exact) mass is 321 g/mol. The molecule has 22 heavy (non-hydrogen) atoms. The van der Waals surface area contributed by atoms with Gasteiger partial charge in [-0.15, -0.1) is 11.3 Å². The van der Waals surface area contributed by atoms with Crippen LogP contribution in [-0.2, 0) is 0 Å². The zero-order valence-electron chi connectivity index (χ0n) is 12.9. The summed E-state index contributed by atoms with van der Waals surface area (Å²) in [5, 5.41) is 5.34. The number of hydrogen-bond acceptors (Lipinski definition) is 4. The number of nitrogens with one attached hydrogen (secondary N) is 1. The smallest absolute Gasteiger partial charge is 0.271 e. The van der Waals surface area contributed by atoms with Crippen LogP contribution in [0.2, 0.25) is 0 Å². The van der Waals surface area contributed by atoms with E-state index in [0.717, 1.165) is 5.56 Å². The van der Waals surface area contributed by atoms with Crippen LogP contribution < -0.4 is 11.1 Å². The molecule has 0 aliphatic heterocycles. The second kappa shape index (κ2) is 6.54. The summed E-state index contributed by atoms with van der Waals surface area (Å²) in [6.07, 6.45) is 0. The molecule has 0 bridgehead atoms. The van der Waals surface area contributed by atoms with E-state index in [1.54, 1.807) is 17.5 Å². The SMILES string of the molecule is CC(C)C(C)(CN)NC(=O)c1csc(-c2ccc(F)cc2)n1. The average Bonchev–Trinajstić information content (AvgIpc) is 2.97. The molecule has 1 unspecified atom stereocenters. The fourth-order valence-electron chi connectivity index (χ4n) is 1.86. The van der Waals surface area contributed by atoms with E-state index < -0.39 is 5.54 Å². The third kappa shape index (κ3) is 3.51. The summed E-state index contributed by atoms with van der Waals surface area (Å²) < 4.78 is 12.9. The van der Waals surface area contributed by atoms with Crippen molar-refractivity contribution in [1.29, 1.82) is 0 Å². The van der Waals surface area contributed by atoms with Crippen molar-refractivity contribution in [2.75, 3.05) is 6.54 Å². The van der Waals surface area contributed by atoms with E-state index in [9.17, 15) is 9.18 Å². The molecule has 0 saturated heterocycles. The number of halogens is 1. The lowest BCUT2D eigenvalue weighted by Crippen LogP contribution is -2.55. The van der Waals surface area contributed by atoms with Gasteiger partial charge in [0.2, 0.25) is 0 Å². The Morgan fingerprint density at radius 1 is 1.41 bits per heavy atom. The first kappa shape index (κ1) is 16.6. The van der Waals surface area contributed by atoms with Gasteiger partial charge in [-0.1, -0.05) is 13.8 Å². The summed E-state index contributed by atoms with van der Waals surface area (Å²) in [6.45, 7) is 6.30. The molecule has 1 atom stereocenters. The van der Waals surface area contributed by atoms with Crippen molar-refractivity contribution in [3.8, 4) is 10.6 Å². The molecule has 0 aliphatic rings. The van der Waals surface area contributed by atoms with E-state index in [4.69, 9.17) is 5.73 Å². The normalized spacial score (nSPS) is 13.9. The molecule has 0 fully saturated rings. The van der Waals surface area contributed by atoms with Gasteiger partial charge in [-0.05, 0) is 37.1 Å². The standard InChI is InChI=1S/C16H20FN3OS/c1-10(2)16(3,9-18)20-14(21)13-8-22-15(19-13)11-4-6-12(17)7-5-11/h4-8,10H,9,18H2,1-3H3,(H,20,21). The molecule has 3 N–H and O–H groups in total. The van der Waals surface area contributed by atoms with Crippen LogP contribution in [0, 0.1) is 11.7 Å². The van der Waals surface area contributed by atoms with Gasteiger partial charge in [0.15, 0.2) is 0 Å². The van der Waals surface area contributed by atoms with Crippen LogP contribution in [-0.4, -0.2) is 23.0 Å². The molecule has 1 heterocycles. The highest BCUT2D eigenvalue weighted by molar-refractivity contribution is 7.13. The molecule has 1 amide bonds. The van der Waals surface area contributed by atoms with E-state index in [1.165, 1.54) is 23.5 Å². The van der Waals surface area contributed by atoms with Gasteiger partial charge < -0.3 is 11.1 Å². The fraction of sp³-hybridized carbons (Fsp3) is 0.375. The molecule has 0 radical (unpaired) electrons. The summed E-state index contributed by atoms with van der Waals surface area (Å²) in [4.78, 5) is 16.7. The molecule has 1 aromatic carbocycles. The number of carbonyl (C=O) groups excluding carboxylic acids is 1. The zero-order valence-corrected chi connectivity index (χ0v) is 13.7. The number of carbonyl (C=O) groups is 1. The lowest BCUT2D eigenvalue weighted by molar-refractivity contribution is 0.0879. The maximum Gasteiger partial charge on any atom is 0.271 e. The zero-order chi connectivity index (χ0) is 16.3. The first-order chi connectivity index (χ1) is 10.4. The van der Waals surface area contributed by atoms with E-state index >= 15 is 0 Å². The molecule has 6 heteroatoms. The molecule has 118 valence electrons. The van der Waals surface area contributed by atoms with Gasteiger partial charge in [-0.2, -0.15) is 0 Å². The van der Waals surface area contributed by atoms with Crippen molar-refractivity contribution >= 4 is 17.2 Å². The lowest BCUT2D eigenvalue weighted by atomic mass is 9.88. The lowest BCUT2D eigenvalue weighted by Gasteiger charge is -2.33. The Hall–Kier alpha value is -1.79. The molecule has 0 aliphatic carbocycles. The van der Waals surface area contributed by atoms with Crippen LogP contribution in [0.25, 0.3) is 10.6 Å². The third-order valence-electron chi connectivity index (χ3n) is 3.93. The maximum absolute atomic E-state index is 12.9. The number of nitrogens with zero attached hydrogens (tertiary/aromatic N) is 1. The molecule has 0 saturated carbocycles. The van der Waals surface area contributed by atoms with Crippen LogP contribution in [0.1, 0.15) is 31.3 Å². The fourth-order valence-corrected chi connectivity index (χ4v) is 2.66. The van der Waals surface area contributed by atoms with Crippen LogP contribution in [0.4, 0.5) is 4.39 Å². The maximum atomic E-state index is 12.9. The summed E-state index contributed by atoms with van der Waals surface area (Å²) in [6, 6.07) is 6.05. The van der Waals surface area contributed by atoms with Crippen LogP contribution in [0.15, 0.2) is 29.6 Å².